The van der Waals surface area contributed by atoms with Crippen molar-refractivity contribution < 1.29 is 4.79 Å². The molecule has 0 rings (SSSR count). The van der Waals surface area contributed by atoms with Crippen LogP contribution in [0.2, 0.25) is 0 Å². The van der Waals surface area contributed by atoms with Gasteiger partial charge >= 0.3 is 0 Å². The first-order valence-corrected chi connectivity index (χ1v) is 5.67. The molecule has 0 aliphatic heterocycles. The summed E-state index contributed by atoms with van der Waals surface area (Å²) in [5.74, 6) is 0.142. The van der Waals surface area contributed by atoms with Gasteiger partial charge in [0, 0.05) is 24.1 Å². The molecule has 1 atom stereocenters. The molecule has 0 aromatic heterocycles. The average Bonchev–Trinajstić information content (AvgIpc) is 2.15. The number of rotatable bonds is 6. The third-order valence-corrected chi connectivity index (χ3v) is 2.33. The number of carbonyl (C=O) groups is 1. The van der Waals surface area contributed by atoms with Crippen LogP contribution in [-0.2, 0) is 4.79 Å². The summed E-state index contributed by atoms with van der Waals surface area (Å²) in [6.07, 6.45) is 0. The summed E-state index contributed by atoms with van der Waals surface area (Å²) < 4.78 is 0.858. The van der Waals surface area contributed by atoms with E-state index in [1.807, 2.05) is 25.7 Å². The van der Waals surface area contributed by atoms with Gasteiger partial charge in [-0.25, -0.2) is 0 Å². The number of likely N-dealkylation sites (N-methyl/N-ethyl adjacent to an activating group) is 1. The monoisotopic (exact) mass is 262 g/mol. The first kappa shape index (κ1) is 13.7. The molecule has 0 heterocycles. The van der Waals surface area contributed by atoms with Crippen molar-refractivity contribution >= 4 is 21.8 Å². The van der Waals surface area contributed by atoms with E-state index in [2.05, 4.69) is 27.8 Å². The van der Waals surface area contributed by atoms with E-state index in [1.165, 1.54) is 0 Å². The van der Waals surface area contributed by atoms with Crippen molar-refractivity contribution in [1.82, 2.24) is 10.2 Å². The fourth-order valence-electron chi connectivity index (χ4n) is 1.16. The number of nitrogens with one attached hydrogen (secondary N) is 1. The Bertz CT molecular complexity index is 202. The van der Waals surface area contributed by atoms with E-state index in [-0.39, 0.29) is 11.9 Å². The number of amides is 1. The highest BCUT2D eigenvalue weighted by Crippen LogP contribution is 2.00. The molecule has 0 saturated heterocycles. The molecule has 0 spiro atoms. The van der Waals surface area contributed by atoms with Crippen LogP contribution in [0.1, 0.15) is 20.8 Å². The molecular formula is C10H19BrN2O. The van der Waals surface area contributed by atoms with Crippen molar-refractivity contribution in [2.45, 2.75) is 26.8 Å². The quantitative estimate of drug-likeness (QED) is 0.791. The standard InChI is InChI=1S/C10H19BrN2O/c1-5-13(6-2)10(14)9(4)12-7-8(3)11/h9,12H,3,5-7H2,1-2,4H3. The van der Waals surface area contributed by atoms with Crippen molar-refractivity contribution in [2.24, 2.45) is 0 Å². The van der Waals surface area contributed by atoms with Crippen LogP contribution >= 0.6 is 15.9 Å². The molecule has 1 unspecified atom stereocenters. The van der Waals surface area contributed by atoms with E-state index in [4.69, 9.17) is 0 Å². The molecule has 0 bridgehead atoms. The normalized spacial score (nSPS) is 12.3. The van der Waals surface area contributed by atoms with Gasteiger partial charge in [0.1, 0.15) is 0 Å². The molecule has 0 radical (unpaired) electrons. The summed E-state index contributed by atoms with van der Waals surface area (Å²) in [7, 11) is 0. The maximum absolute atomic E-state index is 11.7. The van der Waals surface area contributed by atoms with E-state index in [0.717, 1.165) is 17.6 Å². The van der Waals surface area contributed by atoms with Crippen molar-refractivity contribution in [3.63, 3.8) is 0 Å². The van der Waals surface area contributed by atoms with Gasteiger partial charge in [-0.05, 0) is 20.8 Å². The van der Waals surface area contributed by atoms with Gasteiger partial charge in [-0.3, -0.25) is 4.79 Å². The average molecular weight is 263 g/mol. The second-order valence-electron chi connectivity index (χ2n) is 3.13. The van der Waals surface area contributed by atoms with Gasteiger partial charge in [0.25, 0.3) is 0 Å². The fraction of sp³-hybridized carbons (Fsp3) is 0.700. The summed E-state index contributed by atoms with van der Waals surface area (Å²) in [5.41, 5.74) is 0. The van der Waals surface area contributed by atoms with E-state index < -0.39 is 0 Å². The fourth-order valence-corrected chi connectivity index (χ4v) is 1.32. The van der Waals surface area contributed by atoms with E-state index in [9.17, 15) is 4.79 Å². The number of nitrogens with zero attached hydrogens (tertiary/aromatic N) is 1. The zero-order chi connectivity index (χ0) is 11.1. The highest BCUT2D eigenvalue weighted by molar-refractivity contribution is 9.11. The van der Waals surface area contributed by atoms with Crippen LogP contribution in [0.25, 0.3) is 0 Å². The largest absolute Gasteiger partial charge is 0.342 e. The molecular weight excluding hydrogens is 244 g/mol. The van der Waals surface area contributed by atoms with Crippen molar-refractivity contribution in [2.75, 3.05) is 19.6 Å². The molecule has 0 aliphatic carbocycles. The molecule has 1 N–H and O–H groups in total. The molecule has 14 heavy (non-hydrogen) atoms. The highest BCUT2D eigenvalue weighted by atomic mass is 79.9. The lowest BCUT2D eigenvalue weighted by molar-refractivity contribution is -0.132. The molecule has 82 valence electrons. The second-order valence-corrected chi connectivity index (χ2v) is 4.25. The Kier molecular flexibility index (Phi) is 6.83. The van der Waals surface area contributed by atoms with Gasteiger partial charge in [0.2, 0.25) is 5.91 Å². The minimum atomic E-state index is -0.149. The van der Waals surface area contributed by atoms with Crippen LogP contribution in [-0.4, -0.2) is 36.5 Å². The van der Waals surface area contributed by atoms with Crippen LogP contribution in [0.5, 0.6) is 0 Å². The van der Waals surface area contributed by atoms with Gasteiger partial charge in [0.15, 0.2) is 0 Å². The number of hydrogen-bond donors (Lipinski definition) is 1. The Morgan fingerprint density at radius 1 is 1.50 bits per heavy atom. The molecule has 1 amide bonds. The summed E-state index contributed by atoms with van der Waals surface area (Å²) in [6, 6.07) is -0.149. The SMILES string of the molecule is C=C(Br)CNC(C)C(=O)N(CC)CC. The van der Waals surface area contributed by atoms with Crippen LogP contribution in [0.15, 0.2) is 11.1 Å². The minimum Gasteiger partial charge on any atom is -0.342 e. The highest BCUT2D eigenvalue weighted by Gasteiger charge is 2.16. The topological polar surface area (TPSA) is 32.3 Å². The molecule has 0 aromatic carbocycles. The molecule has 3 nitrogen and oxygen atoms in total. The van der Waals surface area contributed by atoms with Gasteiger partial charge in [-0.15, -0.1) is 0 Å². The Morgan fingerprint density at radius 3 is 2.36 bits per heavy atom. The van der Waals surface area contributed by atoms with Crippen molar-refractivity contribution in [3.05, 3.63) is 11.1 Å². The predicted octanol–water partition coefficient (Wildman–Crippen LogP) is 1.74. The van der Waals surface area contributed by atoms with E-state index in [0.29, 0.717) is 6.54 Å². The first-order chi connectivity index (χ1) is 6.52. The van der Waals surface area contributed by atoms with Crippen molar-refractivity contribution in [1.29, 1.82) is 0 Å². The van der Waals surface area contributed by atoms with Gasteiger partial charge in [-0.2, -0.15) is 0 Å². The van der Waals surface area contributed by atoms with Crippen LogP contribution in [0, 0.1) is 0 Å². The third-order valence-electron chi connectivity index (χ3n) is 2.05. The maximum atomic E-state index is 11.7. The molecule has 0 fully saturated rings. The number of halogens is 1. The van der Waals surface area contributed by atoms with E-state index in [1.54, 1.807) is 0 Å². The van der Waals surface area contributed by atoms with Crippen LogP contribution < -0.4 is 5.32 Å². The molecule has 4 heteroatoms. The lowest BCUT2D eigenvalue weighted by Gasteiger charge is -2.23. The van der Waals surface area contributed by atoms with Crippen LogP contribution in [0.4, 0.5) is 0 Å². The maximum Gasteiger partial charge on any atom is 0.239 e. The van der Waals surface area contributed by atoms with Crippen LogP contribution in [0.3, 0.4) is 0 Å². The Labute approximate surface area is 94.7 Å². The van der Waals surface area contributed by atoms with Gasteiger partial charge < -0.3 is 10.2 Å². The predicted molar refractivity (Wildman–Crippen MR) is 63.5 cm³/mol. The van der Waals surface area contributed by atoms with E-state index >= 15 is 0 Å². The summed E-state index contributed by atoms with van der Waals surface area (Å²) in [5, 5.41) is 3.09. The minimum absolute atomic E-state index is 0.142. The summed E-state index contributed by atoms with van der Waals surface area (Å²) in [4.78, 5) is 13.6. The molecule has 0 aromatic rings. The zero-order valence-corrected chi connectivity index (χ0v) is 10.7. The molecule has 0 saturated carbocycles. The lowest BCUT2D eigenvalue weighted by atomic mass is 10.3. The number of carbonyl (C=O) groups excluding carboxylic acids is 1. The summed E-state index contributed by atoms with van der Waals surface area (Å²) in [6.45, 7) is 11.7. The first-order valence-electron chi connectivity index (χ1n) is 4.88. The lowest BCUT2D eigenvalue weighted by Crippen LogP contribution is -2.45. The Balaban J connectivity index is 4.03. The number of hydrogen-bond acceptors (Lipinski definition) is 2. The second kappa shape index (κ2) is 7.01. The Morgan fingerprint density at radius 2 is 2.00 bits per heavy atom. The van der Waals surface area contributed by atoms with Gasteiger partial charge in [-0.1, -0.05) is 22.5 Å². The van der Waals surface area contributed by atoms with Crippen molar-refractivity contribution in [3.8, 4) is 0 Å². The zero-order valence-electron chi connectivity index (χ0n) is 9.14. The Hall–Kier alpha value is -0.350. The molecule has 0 aliphatic rings. The third kappa shape index (κ3) is 4.77. The smallest absolute Gasteiger partial charge is 0.239 e. The summed E-state index contributed by atoms with van der Waals surface area (Å²) >= 11 is 3.24. The van der Waals surface area contributed by atoms with Gasteiger partial charge in [0.05, 0.1) is 6.04 Å².